The van der Waals surface area contributed by atoms with Crippen molar-refractivity contribution in [1.29, 1.82) is 0 Å². The Kier molecular flexibility index (Phi) is 2.37. The van der Waals surface area contributed by atoms with Crippen LogP contribution >= 0.6 is 0 Å². The summed E-state index contributed by atoms with van der Waals surface area (Å²) in [6.45, 7) is -0.545. The highest BCUT2D eigenvalue weighted by atomic mass is 19.4. The normalized spacial score (nSPS) is 12.0. The highest BCUT2D eigenvalue weighted by Gasteiger charge is 2.34. The Labute approximate surface area is 66.4 Å². The van der Waals surface area contributed by atoms with Crippen molar-refractivity contribution in [1.82, 2.24) is 9.78 Å². The molecule has 0 aliphatic rings. The first kappa shape index (κ1) is 9.05. The zero-order valence-electron chi connectivity index (χ0n) is 5.97. The van der Waals surface area contributed by atoms with Crippen molar-refractivity contribution in [3.8, 4) is 0 Å². The number of rotatable bonds is 2. The standard InChI is InChI=1S/C6H6F3N2O/c7-6(8,9)5-1-2-10-11(5)3-4-12/h1,12H,3-4H2. The van der Waals surface area contributed by atoms with E-state index in [-0.39, 0.29) is 13.2 Å². The highest BCUT2D eigenvalue weighted by Crippen LogP contribution is 2.28. The van der Waals surface area contributed by atoms with Gasteiger partial charge in [0, 0.05) is 0 Å². The molecule has 1 aromatic rings. The number of alkyl halides is 3. The van der Waals surface area contributed by atoms with E-state index in [1.807, 2.05) is 0 Å². The van der Waals surface area contributed by atoms with Crippen molar-refractivity contribution in [2.75, 3.05) is 6.61 Å². The average Bonchev–Trinajstić information content (AvgIpc) is 2.34. The second-order valence-corrected chi connectivity index (χ2v) is 2.10. The van der Waals surface area contributed by atoms with Crippen LogP contribution in [-0.2, 0) is 12.7 Å². The predicted octanol–water partition coefficient (Wildman–Crippen LogP) is 0.694. The van der Waals surface area contributed by atoms with E-state index in [1.165, 1.54) is 0 Å². The van der Waals surface area contributed by atoms with Gasteiger partial charge in [-0.05, 0) is 6.07 Å². The summed E-state index contributed by atoms with van der Waals surface area (Å²) in [6, 6.07) is 0.746. The summed E-state index contributed by atoms with van der Waals surface area (Å²) in [5.41, 5.74) is -0.892. The lowest BCUT2D eigenvalue weighted by atomic mass is 10.4. The maximum absolute atomic E-state index is 12.0. The molecule has 12 heavy (non-hydrogen) atoms. The van der Waals surface area contributed by atoms with Gasteiger partial charge in [0.05, 0.1) is 13.2 Å². The van der Waals surface area contributed by atoms with Gasteiger partial charge in [-0.25, -0.2) is 0 Å². The molecule has 0 unspecified atom stereocenters. The average molecular weight is 179 g/mol. The van der Waals surface area contributed by atoms with Crippen molar-refractivity contribution in [2.24, 2.45) is 0 Å². The van der Waals surface area contributed by atoms with Crippen molar-refractivity contribution in [2.45, 2.75) is 12.7 Å². The van der Waals surface area contributed by atoms with Gasteiger partial charge in [0.2, 0.25) is 0 Å². The van der Waals surface area contributed by atoms with Gasteiger partial charge in [-0.2, -0.15) is 18.3 Å². The lowest BCUT2D eigenvalue weighted by molar-refractivity contribution is -0.144. The lowest BCUT2D eigenvalue weighted by Gasteiger charge is -2.08. The fourth-order valence-corrected chi connectivity index (χ4v) is 0.781. The van der Waals surface area contributed by atoms with E-state index in [0.29, 0.717) is 4.68 Å². The van der Waals surface area contributed by atoms with E-state index in [9.17, 15) is 13.2 Å². The predicted molar refractivity (Wildman–Crippen MR) is 33.2 cm³/mol. The van der Waals surface area contributed by atoms with E-state index in [1.54, 1.807) is 0 Å². The van der Waals surface area contributed by atoms with Crippen molar-refractivity contribution in [3.05, 3.63) is 18.0 Å². The fourth-order valence-electron chi connectivity index (χ4n) is 0.781. The van der Waals surface area contributed by atoms with Gasteiger partial charge in [0.15, 0.2) is 0 Å². The van der Waals surface area contributed by atoms with Crippen LogP contribution in [0.25, 0.3) is 0 Å². The molecule has 0 bridgehead atoms. The molecule has 1 rings (SSSR count). The smallest absolute Gasteiger partial charge is 0.394 e. The summed E-state index contributed by atoms with van der Waals surface area (Å²) in [5, 5.41) is 11.7. The fraction of sp³-hybridized carbons (Fsp3) is 0.500. The Morgan fingerprint density at radius 2 is 2.25 bits per heavy atom. The van der Waals surface area contributed by atoms with Crippen LogP contribution in [0.3, 0.4) is 0 Å². The molecular formula is C6H6F3N2O. The van der Waals surface area contributed by atoms with Crippen LogP contribution in [0.1, 0.15) is 5.69 Å². The Hall–Kier alpha value is -1.04. The molecule has 0 aliphatic heterocycles. The molecular weight excluding hydrogens is 173 g/mol. The summed E-state index contributed by atoms with van der Waals surface area (Å²) >= 11 is 0. The molecule has 1 heterocycles. The van der Waals surface area contributed by atoms with Gasteiger partial charge >= 0.3 is 6.18 Å². The van der Waals surface area contributed by atoms with Crippen molar-refractivity contribution < 1.29 is 18.3 Å². The first-order valence-corrected chi connectivity index (χ1v) is 3.17. The third-order valence-corrected chi connectivity index (χ3v) is 1.26. The Balaban J connectivity index is 2.91. The minimum atomic E-state index is -4.43. The van der Waals surface area contributed by atoms with Crippen LogP contribution in [0, 0.1) is 6.20 Å². The molecule has 1 aromatic heterocycles. The molecule has 0 amide bonds. The minimum absolute atomic E-state index is 0.168. The number of aliphatic hydroxyl groups excluding tert-OH is 1. The lowest BCUT2D eigenvalue weighted by Crippen LogP contribution is -2.16. The largest absolute Gasteiger partial charge is 0.433 e. The van der Waals surface area contributed by atoms with Gasteiger partial charge < -0.3 is 5.11 Å². The third kappa shape index (κ3) is 1.76. The number of nitrogens with zero attached hydrogens (tertiary/aromatic N) is 2. The van der Waals surface area contributed by atoms with Gasteiger partial charge in [-0.15, -0.1) is 0 Å². The maximum atomic E-state index is 12.0. The number of aromatic nitrogens is 2. The first-order valence-electron chi connectivity index (χ1n) is 3.17. The van der Waals surface area contributed by atoms with Crippen molar-refractivity contribution in [3.63, 3.8) is 0 Å². The number of hydrogen-bond acceptors (Lipinski definition) is 2. The monoisotopic (exact) mass is 179 g/mol. The quantitative estimate of drug-likeness (QED) is 0.725. The van der Waals surface area contributed by atoms with E-state index >= 15 is 0 Å². The number of hydrogen-bond donors (Lipinski definition) is 1. The molecule has 1 N–H and O–H groups in total. The first-order chi connectivity index (χ1) is 5.55. The Morgan fingerprint density at radius 1 is 1.58 bits per heavy atom. The maximum Gasteiger partial charge on any atom is 0.433 e. The number of aliphatic hydroxyl groups is 1. The summed E-state index contributed by atoms with van der Waals surface area (Å²) in [5.74, 6) is 0. The molecule has 0 atom stereocenters. The van der Waals surface area contributed by atoms with Gasteiger partial charge in [0.1, 0.15) is 11.9 Å². The molecule has 3 nitrogen and oxygen atoms in total. The molecule has 0 saturated heterocycles. The zero-order chi connectivity index (χ0) is 9.19. The summed E-state index contributed by atoms with van der Waals surface area (Å²) < 4.78 is 36.8. The minimum Gasteiger partial charge on any atom is -0.394 e. The Bertz CT molecular complexity index is 256. The molecule has 0 spiro atoms. The second-order valence-electron chi connectivity index (χ2n) is 2.10. The van der Waals surface area contributed by atoms with Crippen LogP contribution in [0.15, 0.2) is 6.07 Å². The van der Waals surface area contributed by atoms with Crippen LogP contribution in [0.5, 0.6) is 0 Å². The molecule has 6 heteroatoms. The SMILES string of the molecule is OCCn1n[c]cc1C(F)(F)F. The molecule has 0 fully saturated rings. The van der Waals surface area contributed by atoms with Crippen LogP contribution in [0.2, 0.25) is 0 Å². The van der Waals surface area contributed by atoms with Gasteiger partial charge in [-0.3, -0.25) is 4.68 Å². The zero-order valence-corrected chi connectivity index (χ0v) is 5.97. The van der Waals surface area contributed by atoms with Crippen LogP contribution in [0.4, 0.5) is 13.2 Å². The molecule has 0 aliphatic carbocycles. The van der Waals surface area contributed by atoms with E-state index in [2.05, 4.69) is 11.3 Å². The molecule has 1 radical (unpaired) electrons. The summed E-state index contributed by atoms with van der Waals surface area (Å²) in [4.78, 5) is 0. The van der Waals surface area contributed by atoms with Gasteiger partial charge in [0.25, 0.3) is 0 Å². The van der Waals surface area contributed by atoms with Gasteiger partial charge in [-0.1, -0.05) is 0 Å². The molecule has 0 saturated carbocycles. The molecule has 0 aromatic carbocycles. The second kappa shape index (κ2) is 3.14. The third-order valence-electron chi connectivity index (χ3n) is 1.26. The van der Waals surface area contributed by atoms with E-state index < -0.39 is 11.9 Å². The molecule has 67 valence electrons. The Morgan fingerprint density at radius 3 is 2.75 bits per heavy atom. The van der Waals surface area contributed by atoms with Crippen LogP contribution in [-0.4, -0.2) is 21.5 Å². The van der Waals surface area contributed by atoms with E-state index in [4.69, 9.17) is 5.11 Å². The van der Waals surface area contributed by atoms with Crippen LogP contribution < -0.4 is 0 Å². The summed E-state index contributed by atoms with van der Waals surface area (Å²) in [6.07, 6.45) is -2.36. The van der Waals surface area contributed by atoms with E-state index in [0.717, 1.165) is 6.07 Å². The highest BCUT2D eigenvalue weighted by molar-refractivity contribution is 5.03. The summed E-state index contributed by atoms with van der Waals surface area (Å²) in [7, 11) is 0. The number of halogens is 3. The topological polar surface area (TPSA) is 38.0 Å². The van der Waals surface area contributed by atoms with Crippen molar-refractivity contribution >= 4 is 0 Å².